The van der Waals surface area contributed by atoms with Gasteiger partial charge in [-0.25, -0.2) is 4.98 Å². The van der Waals surface area contributed by atoms with Crippen molar-refractivity contribution in [3.05, 3.63) is 46.7 Å². The van der Waals surface area contributed by atoms with E-state index in [9.17, 15) is 4.79 Å². The van der Waals surface area contributed by atoms with E-state index in [1.807, 2.05) is 29.8 Å². The molecule has 0 spiro atoms. The molecule has 1 N–H and O–H groups in total. The van der Waals surface area contributed by atoms with Gasteiger partial charge in [-0.2, -0.15) is 0 Å². The Balaban J connectivity index is 1.56. The van der Waals surface area contributed by atoms with Crippen LogP contribution in [0.3, 0.4) is 0 Å². The Bertz CT molecular complexity index is 549. The van der Waals surface area contributed by atoms with E-state index in [0.29, 0.717) is 13.0 Å². The molecule has 1 amide bonds. The second-order valence-electron chi connectivity index (χ2n) is 4.93. The van der Waals surface area contributed by atoms with Crippen molar-refractivity contribution < 1.29 is 4.79 Å². The second-order valence-corrected chi connectivity index (χ2v) is 5.65. The average Bonchev–Trinajstić information content (AvgIpc) is 3.08. The number of nitrogens with one attached hydrogen (secondary N) is 1. The molecule has 2 aromatic heterocycles. The molecule has 1 aliphatic carbocycles. The Morgan fingerprint density at radius 2 is 2.26 bits per heavy atom. The van der Waals surface area contributed by atoms with Crippen LogP contribution >= 0.6 is 11.3 Å². The van der Waals surface area contributed by atoms with Gasteiger partial charge in [-0.05, 0) is 25.0 Å². The third-order valence-electron chi connectivity index (χ3n) is 3.51. The van der Waals surface area contributed by atoms with Crippen LogP contribution in [0.1, 0.15) is 24.2 Å². The van der Waals surface area contributed by atoms with Crippen LogP contribution in [0.5, 0.6) is 0 Å². The van der Waals surface area contributed by atoms with Crippen LogP contribution < -0.4 is 5.32 Å². The van der Waals surface area contributed by atoms with Crippen LogP contribution in [-0.2, 0) is 16.6 Å². The lowest BCUT2D eigenvalue weighted by molar-refractivity contribution is -0.120. The van der Waals surface area contributed by atoms with E-state index in [4.69, 9.17) is 0 Å². The molecule has 0 saturated heterocycles. The van der Waals surface area contributed by atoms with Crippen molar-refractivity contribution in [3.63, 3.8) is 0 Å². The quantitative estimate of drug-likeness (QED) is 0.905. The van der Waals surface area contributed by atoms with Crippen LogP contribution in [-0.4, -0.2) is 22.4 Å². The molecule has 1 aliphatic rings. The minimum atomic E-state index is 0.0353. The van der Waals surface area contributed by atoms with E-state index in [-0.39, 0.29) is 11.3 Å². The molecule has 1 fully saturated rings. The van der Waals surface area contributed by atoms with Gasteiger partial charge in [0.15, 0.2) is 0 Å². The van der Waals surface area contributed by atoms with Crippen LogP contribution in [0, 0.1) is 0 Å². The highest BCUT2D eigenvalue weighted by Gasteiger charge is 2.45. The van der Waals surface area contributed by atoms with E-state index in [1.165, 1.54) is 11.3 Å². The molecular weight excluding hydrogens is 258 g/mol. The van der Waals surface area contributed by atoms with Crippen LogP contribution in [0.2, 0.25) is 0 Å². The average molecular weight is 273 g/mol. The van der Waals surface area contributed by atoms with Crippen molar-refractivity contribution in [2.75, 3.05) is 6.54 Å². The molecule has 0 radical (unpaired) electrons. The van der Waals surface area contributed by atoms with Gasteiger partial charge >= 0.3 is 0 Å². The molecule has 0 unspecified atom stereocenters. The van der Waals surface area contributed by atoms with Crippen LogP contribution in [0.15, 0.2) is 35.3 Å². The van der Waals surface area contributed by atoms with Crippen molar-refractivity contribution >= 4 is 17.2 Å². The first-order chi connectivity index (χ1) is 9.28. The third-order valence-corrected chi connectivity index (χ3v) is 4.15. The largest absolute Gasteiger partial charge is 0.355 e. The first-order valence-corrected chi connectivity index (χ1v) is 7.28. The highest BCUT2D eigenvalue weighted by atomic mass is 32.1. The highest BCUT2D eigenvalue weighted by Crippen LogP contribution is 2.46. The first-order valence-electron chi connectivity index (χ1n) is 6.34. The molecule has 3 rings (SSSR count). The SMILES string of the molecule is O=C(Cc1cscn1)NCC1(c2ccccn2)CC1. The Morgan fingerprint density at radius 3 is 2.89 bits per heavy atom. The lowest BCUT2D eigenvalue weighted by Gasteiger charge is -2.15. The zero-order valence-corrected chi connectivity index (χ0v) is 11.3. The lowest BCUT2D eigenvalue weighted by Crippen LogP contribution is -2.33. The molecule has 2 aromatic rings. The third kappa shape index (κ3) is 2.81. The van der Waals surface area contributed by atoms with Gasteiger partial charge in [0.1, 0.15) is 0 Å². The Labute approximate surface area is 115 Å². The monoisotopic (exact) mass is 273 g/mol. The summed E-state index contributed by atoms with van der Waals surface area (Å²) in [6, 6.07) is 5.96. The van der Waals surface area contributed by atoms with Gasteiger partial charge < -0.3 is 5.32 Å². The lowest BCUT2D eigenvalue weighted by atomic mass is 10.0. The van der Waals surface area contributed by atoms with Crippen molar-refractivity contribution in [1.29, 1.82) is 0 Å². The topological polar surface area (TPSA) is 54.9 Å². The minimum Gasteiger partial charge on any atom is -0.355 e. The summed E-state index contributed by atoms with van der Waals surface area (Å²) in [7, 11) is 0. The van der Waals surface area contributed by atoms with Gasteiger partial charge in [0.2, 0.25) is 5.91 Å². The van der Waals surface area contributed by atoms with Crippen LogP contribution in [0.25, 0.3) is 0 Å². The van der Waals surface area contributed by atoms with Gasteiger partial charge in [0, 0.05) is 29.2 Å². The Kier molecular flexibility index (Phi) is 3.29. The number of carbonyl (C=O) groups is 1. The molecule has 2 heterocycles. The maximum Gasteiger partial charge on any atom is 0.226 e. The van der Waals surface area contributed by atoms with Crippen molar-refractivity contribution in [2.45, 2.75) is 24.7 Å². The first kappa shape index (κ1) is 12.3. The zero-order chi connectivity index (χ0) is 13.1. The molecule has 0 atom stereocenters. The van der Waals surface area contributed by atoms with Crippen molar-refractivity contribution in [2.24, 2.45) is 0 Å². The summed E-state index contributed by atoms with van der Waals surface area (Å²) in [5.41, 5.74) is 3.74. The summed E-state index contributed by atoms with van der Waals surface area (Å²) in [6.45, 7) is 0.674. The Morgan fingerprint density at radius 1 is 1.37 bits per heavy atom. The number of amides is 1. The molecule has 0 aromatic carbocycles. The number of thiazole rings is 1. The number of nitrogens with zero attached hydrogens (tertiary/aromatic N) is 2. The van der Waals surface area contributed by atoms with Gasteiger partial charge in [-0.1, -0.05) is 6.07 Å². The Hall–Kier alpha value is -1.75. The molecular formula is C14H15N3OS. The molecule has 4 nitrogen and oxygen atoms in total. The number of hydrogen-bond donors (Lipinski definition) is 1. The maximum absolute atomic E-state index is 11.8. The van der Waals surface area contributed by atoms with E-state index in [1.54, 1.807) is 5.51 Å². The molecule has 5 heteroatoms. The summed E-state index contributed by atoms with van der Waals surface area (Å²) in [4.78, 5) is 20.4. The molecule has 0 aliphatic heterocycles. The fourth-order valence-electron chi connectivity index (χ4n) is 2.17. The van der Waals surface area contributed by atoms with Crippen molar-refractivity contribution in [1.82, 2.24) is 15.3 Å². The number of hydrogen-bond acceptors (Lipinski definition) is 4. The zero-order valence-electron chi connectivity index (χ0n) is 10.5. The van der Waals surface area contributed by atoms with E-state index < -0.39 is 0 Å². The van der Waals surface area contributed by atoms with E-state index >= 15 is 0 Å². The molecule has 98 valence electrons. The fraction of sp³-hybridized carbons (Fsp3) is 0.357. The minimum absolute atomic E-state index is 0.0353. The summed E-state index contributed by atoms with van der Waals surface area (Å²) < 4.78 is 0. The maximum atomic E-state index is 11.8. The second kappa shape index (κ2) is 5.09. The van der Waals surface area contributed by atoms with Gasteiger partial charge in [-0.3, -0.25) is 9.78 Å². The highest BCUT2D eigenvalue weighted by molar-refractivity contribution is 7.07. The number of aromatic nitrogens is 2. The molecule has 0 bridgehead atoms. The van der Waals surface area contributed by atoms with Gasteiger partial charge in [0.25, 0.3) is 0 Å². The summed E-state index contributed by atoms with van der Waals surface area (Å²) in [5.74, 6) is 0.0353. The van der Waals surface area contributed by atoms with E-state index in [0.717, 1.165) is 24.2 Å². The van der Waals surface area contributed by atoms with Crippen LogP contribution in [0.4, 0.5) is 0 Å². The summed E-state index contributed by atoms with van der Waals surface area (Å²) >= 11 is 1.51. The normalized spacial score (nSPS) is 16.0. The van der Waals surface area contributed by atoms with E-state index in [2.05, 4.69) is 15.3 Å². The summed E-state index contributed by atoms with van der Waals surface area (Å²) in [5, 5.41) is 4.92. The van der Waals surface area contributed by atoms with Gasteiger partial charge in [0.05, 0.1) is 17.6 Å². The fourth-order valence-corrected chi connectivity index (χ4v) is 2.73. The van der Waals surface area contributed by atoms with Crippen molar-refractivity contribution in [3.8, 4) is 0 Å². The molecule has 19 heavy (non-hydrogen) atoms. The summed E-state index contributed by atoms with van der Waals surface area (Å²) in [6.07, 6.45) is 4.37. The standard InChI is InChI=1S/C14H15N3OS/c18-13(7-11-8-19-10-17-11)16-9-14(4-5-14)12-3-1-2-6-15-12/h1-3,6,8,10H,4-5,7,9H2,(H,16,18). The predicted octanol–water partition coefficient (Wildman–Crippen LogP) is 1.93. The number of pyridine rings is 1. The van der Waals surface area contributed by atoms with Gasteiger partial charge in [-0.15, -0.1) is 11.3 Å². The number of rotatable bonds is 5. The predicted molar refractivity (Wildman–Crippen MR) is 74.0 cm³/mol. The smallest absolute Gasteiger partial charge is 0.226 e. The molecule has 1 saturated carbocycles. The number of carbonyl (C=O) groups excluding carboxylic acids is 1.